The van der Waals surface area contributed by atoms with Gasteiger partial charge in [-0.2, -0.15) is 5.10 Å². The van der Waals surface area contributed by atoms with Crippen LogP contribution < -0.4 is 5.14 Å². The number of rotatable bonds is 2. The molecule has 0 fully saturated rings. The molecule has 1 unspecified atom stereocenters. The van der Waals surface area contributed by atoms with Crippen molar-refractivity contribution in [3.05, 3.63) is 12.3 Å². The van der Waals surface area contributed by atoms with Crippen LogP contribution in [0.2, 0.25) is 0 Å². The van der Waals surface area contributed by atoms with Crippen molar-refractivity contribution in [3.8, 4) is 0 Å². The quantitative estimate of drug-likeness (QED) is 0.724. The predicted octanol–water partition coefficient (Wildman–Crippen LogP) is 0.111. The summed E-state index contributed by atoms with van der Waals surface area (Å²) in [7, 11) is -3.99. The standard InChI is InChI=1S/C6H11N3O2S/c1-5(2)9-4-3-6(8-9)12(7,10)11/h3-5H,1-2H3,(H2,7,10,11)/i1D3,5D. The molecule has 1 heterocycles. The molecule has 1 aromatic rings. The fourth-order valence-corrected chi connectivity index (χ4v) is 1.10. The van der Waals surface area contributed by atoms with Crippen molar-refractivity contribution in [2.45, 2.75) is 24.8 Å². The molecule has 0 bridgehead atoms. The number of hydrogen-bond donors (Lipinski definition) is 1. The molecule has 68 valence electrons. The molecule has 0 aliphatic carbocycles. The number of sulfonamides is 1. The molecular formula is C6H11N3O2S. The maximum atomic E-state index is 10.9. The van der Waals surface area contributed by atoms with E-state index in [9.17, 15) is 8.42 Å². The van der Waals surface area contributed by atoms with Crippen LogP contribution in [0.5, 0.6) is 0 Å². The highest BCUT2D eigenvalue weighted by atomic mass is 32.2. The summed E-state index contributed by atoms with van der Waals surface area (Å²) in [5.41, 5.74) is 0. The Kier molecular flexibility index (Phi) is 1.19. The third-order valence-electron chi connectivity index (χ3n) is 1.20. The van der Waals surface area contributed by atoms with Gasteiger partial charge < -0.3 is 0 Å². The monoisotopic (exact) mass is 193 g/mol. The highest BCUT2D eigenvalue weighted by molar-refractivity contribution is 7.89. The van der Waals surface area contributed by atoms with Gasteiger partial charge in [-0.05, 0) is 19.8 Å². The van der Waals surface area contributed by atoms with E-state index < -0.39 is 27.9 Å². The van der Waals surface area contributed by atoms with E-state index in [2.05, 4.69) is 5.10 Å². The van der Waals surface area contributed by atoms with Crippen LogP contribution in [0.25, 0.3) is 0 Å². The van der Waals surface area contributed by atoms with Crippen molar-refractivity contribution in [2.75, 3.05) is 0 Å². The maximum absolute atomic E-state index is 10.9. The fraction of sp³-hybridized carbons (Fsp3) is 0.500. The molecule has 5 nitrogen and oxygen atoms in total. The van der Waals surface area contributed by atoms with Crippen molar-refractivity contribution in [1.29, 1.82) is 0 Å². The zero-order valence-electron chi connectivity index (χ0n) is 10.4. The van der Waals surface area contributed by atoms with Crippen LogP contribution in [0.1, 0.15) is 25.3 Å². The van der Waals surface area contributed by atoms with Crippen molar-refractivity contribution in [3.63, 3.8) is 0 Å². The van der Waals surface area contributed by atoms with Crippen LogP contribution in [0.15, 0.2) is 17.3 Å². The van der Waals surface area contributed by atoms with Crippen LogP contribution >= 0.6 is 0 Å². The lowest BCUT2D eigenvalue weighted by atomic mass is 10.4. The molecule has 12 heavy (non-hydrogen) atoms. The van der Waals surface area contributed by atoms with Gasteiger partial charge in [0.05, 0.1) is 1.37 Å². The summed E-state index contributed by atoms with van der Waals surface area (Å²) in [6, 6.07) is -0.996. The summed E-state index contributed by atoms with van der Waals surface area (Å²) >= 11 is 0. The average molecular weight is 193 g/mol. The number of primary sulfonamides is 1. The first-order chi connectivity index (χ1) is 6.96. The molecule has 0 amide bonds. The fourth-order valence-electron chi connectivity index (χ4n) is 0.646. The zero-order valence-corrected chi connectivity index (χ0v) is 7.17. The molecule has 0 radical (unpaired) electrons. The van der Waals surface area contributed by atoms with E-state index in [4.69, 9.17) is 10.6 Å². The molecule has 1 rings (SSSR count). The van der Waals surface area contributed by atoms with Crippen molar-refractivity contribution in [1.82, 2.24) is 9.78 Å². The number of nitrogens with two attached hydrogens (primary N) is 1. The highest BCUT2D eigenvalue weighted by Crippen LogP contribution is 2.06. The molecule has 0 aromatic carbocycles. The first-order valence-corrected chi connectivity index (χ1v) is 4.60. The van der Waals surface area contributed by atoms with E-state index in [0.717, 1.165) is 23.9 Å². The summed E-state index contributed by atoms with van der Waals surface area (Å²) in [4.78, 5) is 0. The topological polar surface area (TPSA) is 78.0 Å². The SMILES string of the molecule is [2H]C([2H])([2H])C([2H])(C)n1ccc(S(N)(=O)=O)n1. The van der Waals surface area contributed by atoms with Gasteiger partial charge in [-0.25, -0.2) is 13.6 Å². The first-order valence-electron chi connectivity index (χ1n) is 5.05. The number of hydrogen-bond acceptors (Lipinski definition) is 3. The lowest BCUT2D eigenvalue weighted by Gasteiger charge is -2.02. The largest absolute Gasteiger partial charge is 0.269 e. The minimum atomic E-state index is -3.99. The Bertz CT molecular complexity index is 490. The second-order valence-corrected chi connectivity index (χ2v) is 3.74. The summed E-state index contributed by atoms with van der Waals surface area (Å²) in [6.07, 6.45) is 1.10. The van der Waals surface area contributed by atoms with E-state index >= 15 is 0 Å². The molecule has 0 aliphatic heterocycles. The second kappa shape index (κ2) is 2.87. The van der Waals surface area contributed by atoms with Crippen molar-refractivity contribution in [2.24, 2.45) is 5.14 Å². The normalized spacial score (nSPS) is 23.2. The van der Waals surface area contributed by atoms with Gasteiger partial charge in [-0.1, -0.05) is 0 Å². The van der Waals surface area contributed by atoms with Crippen LogP contribution in [-0.2, 0) is 10.0 Å². The first kappa shape index (κ1) is 4.98. The van der Waals surface area contributed by atoms with Crippen LogP contribution in [0, 0.1) is 0 Å². The van der Waals surface area contributed by atoms with Gasteiger partial charge in [-0.15, -0.1) is 0 Å². The maximum Gasteiger partial charge on any atom is 0.257 e. The van der Waals surface area contributed by atoms with Crippen LogP contribution in [0.3, 0.4) is 0 Å². The second-order valence-electron chi connectivity index (χ2n) is 2.23. The molecule has 0 spiro atoms. The number of nitrogens with zero attached hydrogens (tertiary/aromatic N) is 2. The van der Waals surface area contributed by atoms with Crippen molar-refractivity contribution < 1.29 is 13.9 Å². The Hall–Kier alpha value is -0.880. The lowest BCUT2D eigenvalue weighted by Crippen LogP contribution is -2.13. The van der Waals surface area contributed by atoms with Gasteiger partial charge in [0.25, 0.3) is 10.0 Å². The highest BCUT2D eigenvalue weighted by Gasteiger charge is 2.11. The smallest absolute Gasteiger partial charge is 0.257 e. The third-order valence-corrected chi connectivity index (χ3v) is 2.00. The molecule has 0 saturated carbocycles. The zero-order chi connectivity index (χ0) is 12.8. The molecule has 0 saturated heterocycles. The summed E-state index contributed by atoms with van der Waals surface area (Å²) in [6.45, 7) is -1.52. The summed E-state index contributed by atoms with van der Waals surface area (Å²) in [5.74, 6) is 0. The average Bonchev–Trinajstić information content (AvgIpc) is 2.47. The van der Waals surface area contributed by atoms with Gasteiger partial charge in [0.1, 0.15) is 0 Å². The Morgan fingerprint density at radius 1 is 1.92 bits per heavy atom. The lowest BCUT2D eigenvalue weighted by molar-refractivity contribution is 0.516. The molecule has 0 aliphatic rings. The molecular weight excluding hydrogens is 178 g/mol. The van der Waals surface area contributed by atoms with E-state index in [1.54, 1.807) is 0 Å². The minimum absolute atomic E-state index is 0.463. The van der Waals surface area contributed by atoms with Crippen LogP contribution in [0.4, 0.5) is 0 Å². The van der Waals surface area contributed by atoms with Gasteiger partial charge in [0.2, 0.25) is 0 Å². The summed E-state index contributed by atoms with van der Waals surface area (Å²) in [5, 5.41) is 7.83. The number of aromatic nitrogens is 2. The molecule has 1 atom stereocenters. The van der Waals surface area contributed by atoms with E-state index in [1.807, 2.05) is 0 Å². The van der Waals surface area contributed by atoms with Gasteiger partial charge in [0.15, 0.2) is 5.03 Å². The Labute approximate surface area is 76.9 Å². The van der Waals surface area contributed by atoms with Gasteiger partial charge >= 0.3 is 0 Å². The minimum Gasteiger partial charge on any atom is -0.269 e. The predicted molar refractivity (Wildman–Crippen MR) is 44.0 cm³/mol. The summed E-state index contributed by atoms with van der Waals surface area (Å²) < 4.78 is 51.7. The Morgan fingerprint density at radius 2 is 2.58 bits per heavy atom. The van der Waals surface area contributed by atoms with Crippen LogP contribution in [-0.4, -0.2) is 18.2 Å². The van der Waals surface area contributed by atoms with Gasteiger partial charge in [-0.3, -0.25) is 4.68 Å². The van der Waals surface area contributed by atoms with E-state index in [1.165, 1.54) is 0 Å². The van der Waals surface area contributed by atoms with Crippen molar-refractivity contribution >= 4 is 10.0 Å². The Morgan fingerprint density at radius 3 is 3.00 bits per heavy atom. The molecule has 6 heteroatoms. The molecule has 1 aromatic heterocycles. The van der Waals surface area contributed by atoms with Gasteiger partial charge in [0, 0.05) is 16.3 Å². The third kappa shape index (κ3) is 1.83. The molecule has 2 N–H and O–H groups in total. The van der Waals surface area contributed by atoms with E-state index in [-0.39, 0.29) is 0 Å². The Balaban J connectivity index is 3.23. The van der Waals surface area contributed by atoms with E-state index in [0.29, 0.717) is 0 Å².